The highest BCUT2D eigenvalue weighted by atomic mass is 31.2. The molecule has 168 valence electrons. The number of nitrogens with one attached hydrogen (secondary N) is 1. The SMILES string of the molecule is Cc1nn(CCC#N)c2c1[P@](=O)(Nc1ccc([N+](=O)[O-])cc1)N(C)C(c1ccccc1F)=N2. The van der Waals surface area contributed by atoms with Gasteiger partial charge in [0, 0.05) is 24.9 Å². The number of aromatic nitrogens is 2. The van der Waals surface area contributed by atoms with Gasteiger partial charge in [-0.3, -0.25) is 19.3 Å². The van der Waals surface area contributed by atoms with Crippen LogP contribution >= 0.6 is 7.44 Å². The lowest BCUT2D eigenvalue weighted by atomic mass is 10.2. The smallest absolute Gasteiger partial charge is 0.296 e. The molecule has 1 aliphatic rings. The summed E-state index contributed by atoms with van der Waals surface area (Å²) >= 11 is 0. The third-order valence-corrected chi connectivity index (χ3v) is 7.95. The van der Waals surface area contributed by atoms with Crippen molar-refractivity contribution in [3.05, 3.63) is 75.7 Å². The van der Waals surface area contributed by atoms with Crippen LogP contribution in [-0.2, 0) is 11.1 Å². The van der Waals surface area contributed by atoms with Crippen molar-refractivity contribution in [1.82, 2.24) is 14.5 Å². The highest BCUT2D eigenvalue weighted by Crippen LogP contribution is 2.54. The zero-order chi connectivity index (χ0) is 23.8. The van der Waals surface area contributed by atoms with Gasteiger partial charge in [0.25, 0.3) is 13.1 Å². The number of non-ortho nitro benzene ring substituents is 1. The van der Waals surface area contributed by atoms with Gasteiger partial charge in [-0.1, -0.05) is 12.1 Å². The molecule has 1 aliphatic heterocycles. The fraction of sp³-hybridized carbons (Fsp3) is 0.190. The van der Waals surface area contributed by atoms with E-state index in [2.05, 4.69) is 15.2 Å². The molecule has 2 aromatic carbocycles. The molecular weight excluding hydrogens is 448 g/mol. The summed E-state index contributed by atoms with van der Waals surface area (Å²) in [6, 6.07) is 13.6. The Balaban J connectivity index is 1.89. The van der Waals surface area contributed by atoms with Crippen LogP contribution in [-0.4, -0.2) is 32.3 Å². The Morgan fingerprint density at radius 1 is 1.24 bits per heavy atom. The van der Waals surface area contributed by atoms with Crippen LogP contribution in [0.25, 0.3) is 0 Å². The van der Waals surface area contributed by atoms with Crippen LogP contribution in [0, 0.1) is 34.2 Å². The van der Waals surface area contributed by atoms with Gasteiger partial charge in [-0.05, 0) is 31.2 Å². The molecule has 4 rings (SSSR count). The molecule has 0 spiro atoms. The van der Waals surface area contributed by atoms with Gasteiger partial charge < -0.3 is 5.09 Å². The minimum atomic E-state index is -3.70. The summed E-state index contributed by atoms with van der Waals surface area (Å²) < 4.78 is 32.1. The van der Waals surface area contributed by atoms with Crippen LogP contribution in [0.2, 0.25) is 0 Å². The van der Waals surface area contributed by atoms with E-state index in [1.807, 2.05) is 6.07 Å². The van der Waals surface area contributed by atoms with Crippen molar-refractivity contribution in [3.63, 3.8) is 0 Å². The van der Waals surface area contributed by atoms with Gasteiger partial charge in [0.2, 0.25) is 0 Å². The first kappa shape index (κ1) is 22.2. The van der Waals surface area contributed by atoms with Crippen LogP contribution in [0.1, 0.15) is 17.7 Å². The molecule has 0 fully saturated rings. The van der Waals surface area contributed by atoms with Gasteiger partial charge >= 0.3 is 0 Å². The first-order chi connectivity index (χ1) is 15.8. The largest absolute Gasteiger partial charge is 0.317 e. The van der Waals surface area contributed by atoms with E-state index in [0.29, 0.717) is 16.7 Å². The predicted octanol–water partition coefficient (Wildman–Crippen LogP) is 4.11. The summed E-state index contributed by atoms with van der Waals surface area (Å²) in [5.41, 5.74) is 0.872. The third kappa shape index (κ3) is 3.85. The number of hydrogen-bond donors (Lipinski definition) is 1. The standard InChI is InChI=1S/C21H19FN7O3P/c1-14-19-21(28(25-14)13-5-12-23)24-20(17-6-3-4-7-18(17)22)27(2)33(19,32)26-15-8-10-16(11-9-15)29(30)31/h3-4,6-11H,5,13H2,1-2H3,(H,26,32)/t33-/m0/s1. The molecule has 1 aromatic heterocycles. The Labute approximate surface area is 188 Å². The fourth-order valence-corrected chi connectivity index (χ4v) is 6.03. The molecule has 0 bridgehead atoms. The van der Waals surface area contributed by atoms with Crippen LogP contribution in [0.15, 0.2) is 53.5 Å². The van der Waals surface area contributed by atoms with E-state index in [9.17, 15) is 19.1 Å². The quantitative estimate of drug-likeness (QED) is 0.328. The number of nitriles is 1. The number of halogens is 1. The van der Waals surface area contributed by atoms with E-state index in [4.69, 9.17) is 5.26 Å². The topological polar surface area (TPSA) is 129 Å². The minimum absolute atomic E-state index is 0.106. The summed E-state index contributed by atoms with van der Waals surface area (Å²) in [5.74, 6) is -0.124. The Hall–Kier alpha value is -4.03. The maximum absolute atomic E-state index is 14.7. The Morgan fingerprint density at radius 2 is 1.94 bits per heavy atom. The van der Waals surface area contributed by atoms with Crippen molar-refractivity contribution in [2.75, 3.05) is 12.1 Å². The maximum atomic E-state index is 14.7. The monoisotopic (exact) mass is 467 g/mol. The summed E-state index contributed by atoms with van der Waals surface area (Å²) in [6.45, 7) is 1.91. The molecule has 0 unspecified atom stereocenters. The van der Waals surface area contributed by atoms with Crippen LogP contribution < -0.4 is 10.4 Å². The number of aliphatic imine (C=N–C) groups is 1. The van der Waals surface area contributed by atoms with E-state index >= 15 is 0 Å². The lowest BCUT2D eigenvalue weighted by molar-refractivity contribution is -0.384. The number of amidine groups is 1. The van der Waals surface area contributed by atoms with Crippen molar-refractivity contribution < 1.29 is 13.9 Å². The van der Waals surface area contributed by atoms with Gasteiger partial charge in [0.15, 0.2) is 5.82 Å². The van der Waals surface area contributed by atoms with E-state index in [1.54, 1.807) is 26.1 Å². The molecule has 0 amide bonds. The highest BCUT2D eigenvalue weighted by Gasteiger charge is 2.43. The summed E-state index contributed by atoms with van der Waals surface area (Å²) in [4.78, 5) is 15.1. The second-order valence-electron chi connectivity index (χ2n) is 7.32. The van der Waals surface area contributed by atoms with Crippen molar-refractivity contribution in [3.8, 4) is 6.07 Å². The summed E-state index contributed by atoms with van der Waals surface area (Å²) in [6.07, 6.45) is 0.161. The molecule has 1 atom stereocenters. The van der Waals surface area contributed by atoms with E-state index in [-0.39, 0.29) is 35.9 Å². The van der Waals surface area contributed by atoms with Gasteiger partial charge in [0.05, 0.1) is 35.2 Å². The first-order valence-corrected chi connectivity index (χ1v) is 11.6. The number of nitro benzene ring substituents is 1. The summed E-state index contributed by atoms with van der Waals surface area (Å²) in [7, 11) is -2.15. The molecule has 2 heterocycles. The van der Waals surface area contributed by atoms with Crippen LogP contribution in [0.5, 0.6) is 0 Å². The first-order valence-electron chi connectivity index (χ1n) is 9.91. The van der Waals surface area contributed by atoms with E-state index in [1.165, 1.54) is 45.8 Å². The molecule has 0 radical (unpaired) electrons. The lowest BCUT2D eigenvalue weighted by Gasteiger charge is -2.35. The number of aryl methyl sites for hydroxylation is 2. The molecule has 0 saturated carbocycles. The average molecular weight is 467 g/mol. The minimum Gasteiger partial charge on any atom is -0.317 e. The zero-order valence-electron chi connectivity index (χ0n) is 17.8. The summed E-state index contributed by atoms with van der Waals surface area (Å²) in [5, 5.41) is 27.7. The van der Waals surface area contributed by atoms with Crippen LogP contribution in [0.4, 0.5) is 21.6 Å². The van der Waals surface area contributed by atoms with Crippen molar-refractivity contribution in [2.45, 2.75) is 19.9 Å². The predicted molar refractivity (Wildman–Crippen MR) is 122 cm³/mol. The fourth-order valence-electron chi connectivity index (χ4n) is 3.63. The van der Waals surface area contributed by atoms with Gasteiger partial charge in [-0.25, -0.2) is 14.1 Å². The number of benzene rings is 2. The number of nitrogens with zero attached hydrogens (tertiary/aromatic N) is 6. The van der Waals surface area contributed by atoms with Gasteiger partial charge in [-0.2, -0.15) is 10.4 Å². The molecule has 1 N–H and O–H groups in total. The Kier molecular flexibility index (Phi) is 5.70. The zero-order valence-corrected chi connectivity index (χ0v) is 18.7. The number of hydrogen-bond acceptors (Lipinski definition) is 6. The normalized spacial score (nSPS) is 17.2. The lowest BCUT2D eigenvalue weighted by Crippen LogP contribution is -2.37. The van der Waals surface area contributed by atoms with E-state index in [0.717, 1.165) is 0 Å². The second kappa shape index (κ2) is 8.48. The highest BCUT2D eigenvalue weighted by molar-refractivity contribution is 7.72. The van der Waals surface area contributed by atoms with Gasteiger partial charge in [-0.15, -0.1) is 0 Å². The number of fused-ring (bicyclic) bond motifs is 1. The van der Waals surface area contributed by atoms with Crippen molar-refractivity contribution in [1.29, 1.82) is 5.26 Å². The molecule has 0 saturated heterocycles. The molecule has 12 heteroatoms. The second-order valence-corrected chi connectivity index (χ2v) is 9.74. The average Bonchev–Trinajstić information content (AvgIpc) is 3.11. The number of rotatable bonds is 6. The van der Waals surface area contributed by atoms with Crippen LogP contribution in [0.3, 0.4) is 0 Å². The number of anilines is 1. The third-order valence-electron chi connectivity index (χ3n) is 5.22. The maximum Gasteiger partial charge on any atom is 0.296 e. The van der Waals surface area contributed by atoms with Gasteiger partial charge in [0.1, 0.15) is 17.0 Å². The molecule has 33 heavy (non-hydrogen) atoms. The molecule has 3 aromatic rings. The van der Waals surface area contributed by atoms with Crippen molar-refractivity contribution in [2.24, 2.45) is 4.99 Å². The number of nitro groups is 1. The molecule has 0 aliphatic carbocycles. The Morgan fingerprint density at radius 3 is 2.58 bits per heavy atom. The molecular formula is C21H19FN7O3P. The van der Waals surface area contributed by atoms with Crippen molar-refractivity contribution >= 4 is 35.8 Å². The molecule has 10 nitrogen and oxygen atoms in total. The van der Waals surface area contributed by atoms with E-state index < -0.39 is 18.2 Å². The Bertz CT molecular complexity index is 1360.